The van der Waals surface area contributed by atoms with Crippen LogP contribution in [0.3, 0.4) is 0 Å². The molecule has 2 aliphatic rings. The molecule has 0 amide bonds. The van der Waals surface area contributed by atoms with Gasteiger partial charge in [0.25, 0.3) is 0 Å². The molecule has 3 aromatic carbocycles. The lowest BCUT2D eigenvalue weighted by molar-refractivity contribution is 1.27. The second kappa shape index (κ2) is 12.3. The van der Waals surface area contributed by atoms with Crippen LogP contribution in [0.15, 0.2) is 134 Å². The van der Waals surface area contributed by atoms with Crippen LogP contribution < -0.4 is 0 Å². The summed E-state index contributed by atoms with van der Waals surface area (Å²) < 4.78 is 1.19. The summed E-state index contributed by atoms with van der Waals surface area (Å²) in [5, 5.41) is 0. The SMILES string of the molecule is Ic1ccc(-c2c3ccc([nH]3)c(-c3ccccc3)c3nc(c(-c4ccncc4)c4nc(c(-c5ccccc5)c5ccc2[nH]5)C=C4)C=C3)cc1. The molecule has 6 heteroatoms. The van der Waals surface area contributed by atoms with E-state index in [-0.39, 0.29) is 0 Å². The topological polar surface area (TPSA) is 70.2 Å². The Labute approximate surface area is 297 Å². The van der Waals surface area contributed by atoms with Crippen molar-refractivity contribution in [3.63, 3.8) is 0 Å². The zero-order valence-electron chi connectivity index (χ0n) is 26.2. The maximum atomic E-state index is 5.32. The van der Waals surface area contributed by atoms with Crippen LogP contribution >= 0.6 is 22.6 Å². The number of hydrogen-bond donors (Lipinski definition) is 2. The Morgan fingerprint density at radius 2 is 0.755 bits per heavy atom. The van der Waals surface area contributed by atoms with Crippen LogP contribution in [0.4, 0.5) is 0 Å². The Balaban J connectivity index is 1.48. The van der Waals surface area contributed by atoms with Crippen molar-refractivity contribution in [1.82, 2.24) is 24.9 Å². The number of nitrogens with zero attached hydrogens (tertiary/aromatic N) is 3. The van der Waals surface area contributed by atoms with Crippen LogP contribution in [-0.2, 0) is 0 Å². The first kappa shape index (κ1) is 29.3. The molecule has 0 spiro atoms. The van der Waals surface area contributed by atoms with Gasteiger partial charge in [0.05, 0.1) is 22.8 Å². The van der Waals surface area contributed by atoms with Crippen LogP contribution in [0.2, 0.25) is 0 Å². The molecule has 0 fully saturated rings. The second-order valence-corrected chi connectivity index (χ2v) is 13.2. The molecule has 2 N–H and O–H groups in total. The molecule has 0 atom stereocenters. The fourth-order valence-corrected chi connectivity index (χ4v) is 7.12. The third-order valence-corrected chi connectivity index (χ3v) is 9.70. The number of nitrogens with one attached hydrogen (secondary N) is 2. The van der Waals surface area contributed by atoms with Gasteiger partial charge in [-0.05, 0) is 118 Å². The first-order chi connectivity index (χ1) is 24.2. The number of halogens is 1. The van der Waals surface area contributed by atoms with Gasteiger partial charge in [0.2, 0.25) is 0 Å². The molecule has 232 valence electrons. The minimum atomic E-state index is 0.854. The molecule has 7 aromatic rings. The third-order valence-electron chi connectivity index (χ3n) is 8.98. The molecule has 0 radical (unpaired) electrons. The molecule has 0 unspecified atom stereocenters. The average molecular weight is 742 g/mol. The smallest absolute Gasteiger partial charge is 0.0738 e. The number of pyridine rings is 1. The molecule has 49 heavy (non-hydrogen) atoms. The fourth-order valence-electron chi connectivity index (χ4n) is 6.77. The van der Waals surface area contributed by atoms with Gasteiger partial charge >= 0.3 is 0 Å². The maximum absolute atomic E-state index is 5.32. The van der Waals surface area contributed by atoms with Crippen molar-refractivity contribution in [2.45, 2.75) is 0 Å². The minimum Gasteiger partial charge on any atom is -0.354 e. The molecule has 0 saturated heterocycles. The maximum Gasteiger partial charge on any atom is 0.0738 e. The number of hydrogen-bond acceptors (Lipinski definition) is 3. The quantitative estimate of drug-likeness (QED) is 0.177. The van der Waals surface area contributed by atoms with E-state index < -0.39 is 0 Å². The van der Waals surface area contributed by atoms with Crippen molar-refractivity contribution < 1.29 is 0 Å². The molecule has 0 aliphatic carbocycles. The van der Waals surface area contributed by atoms with Gasteiger partial charge in [0.1, 0.15) is 0 Å². The minimum absolute atomic E-state index is 0.854. The van der Waals surface area contributed by atoms with Crippen molar-refractivity contribution in [2.24, 2.45) is 0 Å². The van der Waals surface area contributed by atoms with E-state index in [1.807, 2.05) is 36.7 Å². The molecule has 4 aromatic heterocycles. The van der Waals surface area contributed by atoms with E-state index in [2.05, 4.69) is 159 Å². The molecule has 8 bridgehead atoms. The highest BCUT2D eigenvalue weighted by molar-refractivity contribution is 14.1. The normalized spacial score (nSPS) is 12.0. The highest BCUT2D eigenvalue weighted by atomic mass is 127. The molecular weight excluding hydrogens is 713 g/mol. The molecule has 0 saturated carbocycles. The summed E-state index contributed by atoms with van der Waals surface area (Å²) >= 11 is 2.36. The van der Waals surface area contributed by atoms with Gasteiger partial charge in [0, 0.05) is 60.3 Å². The second-order valence-electron chi connectivity index (χ2n) is 12.0. The van der Waals surface area contributed by atoms with Crippen LogP contribution in [0.1, 0.15) is 22.8 Å². The van der Waals surface area contributed by atoms with Crippen molar-refractivity contribution in [3.05, 3.63) is 160 Å². The van der Waals surface area contributed by atoms with Gasteiger partial charge in [-0.3, -0.25) is 4.98 Å². The lowest BCUT2D eigenvalue weighted by atomic mass is 10.0. The van der Waals surface area contributed by atoms with Crippen molar-refractivity contribution >= 4 is 69.0 Å². The Morgan fingerprint density at radius 1 is 0.367 bits per heavy atom. The molecule has 5 nitrogen and oxygen atoms in total. The molecule has 6 heterocycles. The lowest BCUT2D eigenvalue weighted by Gasteiger charge is -2.07. The number of fused-ring (bicyclic) bond motifs is 8. The summed E-state index contributed by atoms with van der Waals surface area (Å²) in [6.07, 6.45) is 12.1. The number of rotatable bonds is 4. The van der Waals surface area contributed by atoms with Gasteiger partial charge in [-0.25, -0.2) is 9.97 Å². The van der Waals surface area contributed by atoms with E-state index in [1.54, 1.807) is 0 Å². The fraction of sp³-hybridized carbons (Fsp3) is 0. The molecule has 9 rings (SSSR count). The average Bonchev–Trinajstić information content (AvgIpc) is 3.98. The summed E-state index contributed by atoms with van der Waals surface area (Å²) in [7, 11) is 0. The van der Waals surface area contributed by atoms with Gasteiger partial charge < -0.3 is 9.97 Å². The van der Waals surface area contributed by atoms with Crippen LogP contribution in [0.25, 0.3) is 90.9 Å². The van der Waals surface area contributed by atoms with Crippen molar-refractivity contribution in [3.8, 4) is 44.5 Å². The lowest BCUT2D eigenvalue weighted by Crippen LogP contribution is -1.91. The third kappa shape index (κ3) is 5.40. The first-order valence-electron chi connectivity index (χ1n) is 16.1. The summed E-state index contributed by atoms with van der Waals surface area (Å²) in [5.41, 5.74) is 15.9. The van der Waals surface area contributed by atoms with Gasteiger partial charge in [-0.1, -0.05) is 72.8 Å². The van der Waals surface area contributed by atoms with E-state index in [9.17, 15) is 0 Å². The Hall–Kier alpha value is -5.86. The first-order valence-corrected chi connectivity index (χ1v) is 17.2. The monoisotopic (exact) mass is 741 g/mol. The number of aromatic amines is 2. The predicted molar refractivity (Wildman–Crippen MR) is 211 cm³/mol. The zero-order chi connectivity index (χ0) is 32.7. The van der Waals surface area contributed by atoms with E-state index in [0.29, 0.717) is 0 Å². The molecular formula is C43H28IN5. The Kier molecular flexibility index (Phi) is 7.35. The van der Waals surface area contributed by atoms with Gasteiger partial charge in [0.15, 0.2) is 0 Å². The highest BCUT2D eigenvalue weighted by Gasteiger charge is 2.19. The predicted octanol–water partition coefficient (Wildman–Crippen LogP) is 11.3. The summed E-state index contributed by atoms with van der Waals surface area (Å²) in [4.78, 5) is 22.6. The standard InChI is InChI=1S/C43H28IN5/c44-31-13-11-29(12-14-31)42-36-19-15-32(46-36)40(27-7-3-1-4-8-27)34-17-21-38(48-34)43(30-23-25-45-26-24-30)39-22-18-35(49-39)41(28-9-5-2-6-10-28)33-16-20-37(42)47-33/h1-26,46-47H. The number of aromatic nitrogens is 5. The molecule has 2 aliphatic heterocycles. The van der Waals surface area contributed by atoms with Crippen molar-refractivity contribution in [2.75, 3.05) is 0 Å². The largest absolute Gasteiger partial charge is 0.354 e. The van der Waals surface area contributed by atoms with E-state index in [0.717, 1.165) is 89.4 Å². The van der Waals surface area contributed by atoms with Crippen molar-refractivity contribution in [1.29, 1.82) is 0 Å². The number of H-pyrrole nitrogens is 2. The summed E-state index contributed by atoms with van der Waals surface area (Å²) in [5.74, 6) is 0. The summed E-state index contributed by atoms with van der Waals surface area (Å²) in [6.45, 7) is 0. The zero-order valence-corrected chi connectivity index (χ0v) is 28.4. The van der Waals surface area contributed by atoms with Crippen LogP contribution in [-0.4, -0.2) is 24.9 Å². The number of benzene rings is 3. The van der Waals surface area contributed by atoms with Gasteiger partial charge in [-0.15, -0.1) is 0 Å². The van der Waals surface area contributed by atoms with Gasteiger partial charge in [-0.2, -0.15) is 0 Å². The van der Waals surface area contributed by atoms with E-state index in [1.165, 1.54) is 3.57 Å². The summed E-state index contributed by atoms with van der Waals surface area (Å²) in [6, 6.07) is 42.4. The van der Waals surface area contributed by atoms with E-state index in [4.69, 9.17) is 9.97 Å². The van der Waals surface area contributed by atoms with Crippen LogP contribution in [0, 0.1) is 3.57 Å². The Morgan fingerprint density at radius 3 is 1.22 bits per heavy atom. The van der Waals surface area contributed by atoms with Crippen LogP contribution in [0.5, 0.6) is 0 Å². The Bertz CT molecular complexity index is 2440. The highest BCUT2D eigenvalue weighted by Crippen LogP contribution is 2.38. The van der Waals surface area contributed by atoms with E-state index >= 15 is 0 Å².